The van der Waals surface area contributed by atoms with Crippen LogP contribution < -0.4 is 5.32 Å². The Morgan fingerprint density at radius 1 is 1.21 bits per heavy atom. The molecule has 0 saturated heterocycles. The zero-order chi connectivity index (χ0) is 13.9. The number of nitrogens with one attached hydrogen (secondary N) is 1. The number of imidazole rings is 1. The average molecular weight is 259 g/mol. The topological polar surface area (TPSA) is 29.9 Å². The third-order valence-electron chi connectivity index (χ3n) is 3.65. The second kappa shape index (κ2) is 5.74. The molecular weight excluding hydrogens is 234 g/mol. The molecule has 0 radical (unpaired) electrons. The standard InChI is InChI=1S/C16H25N3/c1-5-11-16(3,4)17-12-15-18-13-9-7-8-10-14(13)19(15)6-2/h7-10,17H,5-6,11-12H2,1-4H3. The molecule has 0 aliphatic heterocycles. The molecule has 0 bridgehead atoms. The van der Waals surface area contributed by atoms with Gasteiger partial charge < -0.3 is 9.88 Å². The van der Waals surface area contributed by atoms with E-state index in [-0.39, 0.29) is 5.54 Å². The highest BCUT2D eigenvalue weighted by Crippen LogP contribution is 2.17. The number of hydrogen-bond acceptors (Lipinski definition) is 2. The zero-order valence-electron chi connectivity index (χ0n) is 12.5. The molecule has 1 aromatic carbocycles. The van der Waals surface area contributed by atoms with Crippen molar-refractivity contribution < 1.29 is 0 Å². The van der Waals surface area contributed by atoms with Crippen LogP contribution in [-0.4, -0.2) is 15.1 Å². The number of aryl methyl sites for hydroxylation is 1. The molecule has 0 fully saturated rings. The van der Waals surface area contributed by atoms with Gasteiger partial charge in [0.15, 0.2) is 0 Å². The van der Waals surface area contributed by atoms with Gasteiger partial charge in [0, 0.05) is 12.1 Å². The minimum absolute atomic E-state index is 0.172. The lowest BCUT2D eigenvalue weighted by atomic mass is 9.99. The molecule has 2 rings (SSSR count). The van der Waals surface area contributed by atoms with Crippen LogP contribution in [0.1, 0.15) is 46.4 Å². The number of fused-ring (bicyclic) bond motifs is 1. The van der Waals surface area contributed by atoms with Crippen LogP contribution in [0.25, 0.3) is 11.0 Å². The highest BCUT2D eigenvalue weighted by Gasteiger charge is 2.17. The molecule has 0 atom stereocenters. The van der Waals surface area contributed by atoms with Gasteiger partial charge in [0.2, 0.25) is 0 Å². The summed E-state index contributed by atoms with van der Waals surface area (Å²) < 4.78 is 2.30. The Bertz CT molecular complexity index is 540. The molecule has 0 saturated carbocycles. The first-order chi connectivity index (χ1) is 9.07. The number of hydrogen-bond donors (Lipinski definition) is 1. The first-order valence-corrected chi connectivity index (χ1v) is 7.26. The Morgan fingerprint density at radius 3 is 2.63 bits per heavy atom. The van der Waals surface area contributed by atoms with E-state index in [0.717, 1.165) is 24.4 Å². The predicted octanol–water partition coefficient (Wildman–Crippen LogP) is 3.72. The SMILES string of the molecule is CCCC(C)(C)NCc1nc2ccccc2n1CC. The minimum atomic E-state index is 0.172. The van der Waals surface area contributed by atoms with Crippen molar-refractivity contribution in [2.45, 2.75) is 59.2 Å². The quantitative estimate of drug-likeness (QED) is 0.856. The van der Waals surface area contributed by atoms with Gasteiger partial charge in [-0.3, -0.25) is 0 Å². The summed E-state index contributed by atoms with van der Waals surface area (Å²) in [5.74, 6) is 1.13. The molecule has 0 aliphatic rings. The third-order valence-corrected chi connectivity index (χ3v) is 3.65. The number of nitrogens with zero attached hydrogens (tertiary/aromatic N) is 2. The molecular formula is C16H25N3. The Hall–Kier alpha value is -1.35. The van der Waals surface area contributed by atoms with E-state index in [2.05, 4.69) is 55.8 Å². The highest BCUT2D eigenvalue weighted by molar-refractivity contribution is 5.75. The molecule has 0 aliphatic carbocycles. The van der Waals surface area contributed by atoms with Crippen LogP contribution in [0.4, 0.5) is 0 Å². The fourth-order valence-electron chi connectivity index (χ4n) is 2.64. The summed E-state index contributed by atoms with van der Waals surface area (Å²) in [4.78, 5) is 4.75. The van der Waals surface area contributed by atoms with Gasteiger partial charge in [-0.05, 0) is 39.3 Å². The zero-order valence-corrected chi connectivity index (χ0v) is 12.5. The van der Waals surface area contributed by atoms with Crippen molar-refractivity contribution in [1.82, 2.24) is 14.9 Å². The monoisotopic (exact) mass is 259 g/mol. The molecule has 0 unspecified atom stereocenters. The minimum Gasteiger partial charge on any atom is -0.327 e. The van der Waals surface area contributed by atoms with Gasteiger partial charge in [0.25, 0.3) is 0 Å². The summed E-state index contributed by atoms with van der Waals surface area (Å²) in [7, 11) is 0. The maximum atomic E-state index is 4.75. The second-order valence-electron chi connectivity index (χ2n) is 5.75. The summed E-state index contributed by atoms with van der Waals surface area (Å²) in [6.07, 6.45) is 2.38. The van der Waals surface area contributed by atoms with E-state index in [1.165, 1.54) is 18.4 Å². The third kappa shape index (κ3) is 3.16. The van der Waals surface area contributed by atoms with Crippen LogP contribution in [0, 0.1) is 0 Å². The maximum absolute atomic E-state index is 4.75. The van der Waals surface area contributed by atoms with Crippen LogP contribution in [0.2, 0.25) is 0 Å². The average Bonchev–Trinajstić information content (AvgIpc) is 2.74. The Morgan fingerprint density at radius 2 is 1.95 bits per heavy atom. The first kappa shape index (κ1) is 14.1. The van der Waals surface area contributed by atoms with Gasteiger partial charge in [-0.15, -0.1) is 0 Å². The van der Waals surface area contributed by atoms with Crippen LogP contribution in [0.5, 0.6) is 0 Å². The Balaban J connectivity index is 2.21. The van der Waals surface area contributed by atoms with Gasteiger partial charge in [-0.1, -0.05) is 25.5 Å². The van der Waals surface area contributed by atoms with E-state index in [4.69, 9.17) is 4.98 Å². The lowest BCUT2D eigenvalue weighted by Gasteiger charge is -2.25. The Kier molecular flexibility index (Phi) is 4.25. The fraction of sp³-hybridized carbons (Fsp3) is 0.562. The number of benzene rings is 1. The second-order valence-corrected chi connectivity index (χ2v) is 5.75. The van der Waals surface area contributed by atoms with Crippen molar-refractivity contribution in [3.8, 4) is 0 Å². The van der Waals surface area contributed by atoms with Crippen molar-refractivity contribution in [2.75, 3.05) is 0 Å². The van der Waals surface area contributed by atoms with Crippen LogP contribution in [-0.2, 0) is 13.1 Å². The molecule has 3 nitrogen and oxygen atoms in total. The summed E-state index contributed by atoms with van der Waals surface area (Å²) >= 11 is 0. The van der Waals surface area contributed by atoms with Crippen molar-refractivity contribution >= 4 is 11.0 Å². The summed E-state index contributed by atoms with van der Waals surface area (Å²) in [6, 6.07) is 8.36. The normalized spacial score (nSPS) is 12.2. The van der Waals surface area contributed by atoms with E-state index in [1.54, 1.807) is 0 Å². The van der Waals surface area contributed by atoms with Gasteiger partial charge in [0.1, 0.15) is 5.82 Å². The van der Waals surface area contributed by atoms with Gasteiger partial charge in [-0.2, -0.15) is 0 Å². The summed E-state index contributed by atoms with van der Waals surface area (Å²) in [5, 5.41) is 3.63. The molecule has 0 amide bonds. The van der Waals surface area contributed by atoms with E-state index < -0.39 is 0 Å². The number of aromatic nitrogens is 2. The lowest BCUT2D eigenvalue weighted by molar-refractivity contribution is 0.350. The molecule has 0 spiro atoms. The van der Waals surface area contributed by atoms with E-state index in [9.17, 15) is 0 Å². The summed E-state index contributed by atoms with van der Waals surface area (Å²) in [5.41, 5.74) is 2.50. The molecule has 1 N–H and O–H groups in total. The van der Waals surface area contributed by atoms with Gasteiger partial charge >= 0.3 is 0 Å². The van der Waals surface area contributed by atoms with Crippen molar-refractivity contribution in [2.24, 2.45) is 0 Å². The first-order valence-electron chi connectivity index (χ1n) is 7.26. The van der Waals surface area contributed by atoms with Crippen molar-refractivity contribution in [3.05, 3.63) is 30.1 Å². The summed E-state index contributed by atoms with van der Waals surface area (Å²) in [6.45, 7) is 10.7. The van der Waals surface area contributed by atoms with Gasteiger partial charge in [-0.25, -0.2) is 4.98 Å². The van der Waals surface area contributed by atoms with Crippen molar-refractivity contribution in [1.29, 1.82) is 0 Å². The lowest BCUT2D eigenvalue weighted by Crippen LogP contribution is -2.39. The highest BCUT2D eigenvalue weighted by atomic mass is 15.1. The molecule has 3 heteroatoms. The van der Waals surface area contributed by atoms with Crippen LogP contribution in [0.3, 0.4) is 0 Å². The van der Waals surface area contributed by atoms with Crippen molar-refractivity contribution in [3.63, 3.8) is 0 Å². The molecule has 1 heterocycles. The molecule has 2 aromatic rings. The van der Waals surface area contributed by atoms with E-state index >= 15 is 0 Å². The molecule has 104 valence electrons. The van der Waals surface area contributed by atoms with E-state index in [0.29, 0.717) is 0 Å². The Labute approximate surface area is 116 Å². The van der Waals surface area contributed by atoms with Crippen LogP contribution in [0.15, 0.2) is 24.3 Å². The number of rotatable bonds is 6. The van der Waals surface area contributed by atoms with Crippen LogP contribution >= 0.6 is 0 Å². The molecule has 1 aromatic heterocycles. The van der Waals surface area contributed by atoms with E-state index in [1.807, 2.05) is 6.07 Å². The fourth-order valence-corrected chi connectivity index (χ4v) is 2.64. The molecule has 19 heavy (non-hydrogen) atoms. The smallest absolute Gasteiger partial charge is 0.123 e. The maximum Gasteiger partial charge on any atom is 0.123 e. The largest absolute Gasteiger partial charge is 0.327 e. The predicted molar refractivity (Wildman–Crippen MR) is 81.2 cm³/mol. The van der Waals surface area contributed by atoms with Gasteiger partial charge in [0.05, 0.1) is 17.6 Å². The number of para-hydroxylation sites is 2.